The van der Waals surface area contributed by atoms with Crippen molar-refractivity contribution in [1.29, 1.82) is 0 Å². The molecule has 0 fully saturated rings. The van der Waals surface area contributed by atoms with E-state index < -0.39 is 11.4 Å². The van der Waals surface area contributed by atoms with Gasteiger partial charge in [-0.15, -0.1) is 0 Å². The normalized spacial score (nSPS) is 12.7. The number of hydrogen-bond acceptors (Lipinski definition) is 4. The molecule has 0 radical (unpaired) electrons. The summed E-state index contributed by atoms with van der Waals surface area (Å²) in [5, 5.41) is 12.7. The van der Waals surface area contributed by atoms with Crippen LogP contribution in [-0.2, 0) is 0 Å². The Morgan fingerprint density at radius 3 is 2.63 bits per heavy atom. The molecule has 0 spiro atoms. The number of aliphatic hydroxyl groups excluding tert-OH is 1. The van der Waals surface area contributed by atoms with Crippen molar-refractivity contribution in [3.63, 3.8) is 0 Å². The Hall–Kier alpha value is -3.81. The van der Waals surface area contributed by atoms with Crippen LogP contribution in [0.5, 0.6) is 5.75 Å². The number of anilines is 1. The van der Waals surface area contributed by atoms with Crippen molar-refractivity contribution in [3.8, 4) is 11.4 Å². The van der Waals surface area contributed by atoms with Crippen LogP contribution in [0.4, 0.5) is 10.5 Å². The molecule has 1 aromatic heterocycles. The van der Waals surface area contributed by atoms with Crippen LogP contribution in [0.3, 0.4) is 0 Å². The van der Waals surface area contributed by atoms with Crippen molar-refractivity contribution in [2.75, 3.05) is 11.9 Å². The lowest BCUT2D eigenvalue weighted by molar-refractivity contribution is 0.259. The number of fused-ring (bicyclic) bond motifs is 1. The van der Waals surface area contributed by atoms with Gasteiger partial charge >= 0.3 is 6.03 Å². The second kappa shape index (κ2) is 11.6. The predicted molar refractivity (Wildman–Crippen MR) is 146 cm³/mol. The first-order chi connectivity index (χ1) is 16.7. The van der Waals surface area contributed by atoms with Crippen LogP contribution >= 0.6 is 0 Å². The fourth-order valence-electron chi connectivity index (χ4n) is 3.37. The molecule has 0 unspecified atom stereocenters. The monoisotopic (exact) mass is 481 g/mol. The van der Waals surface area contributed by atoms with E-state index in [9.17, 15) is 9.90 Å². The summed E-state index contributed by atoms with van der Waals surface area (Å²) in [5.41, 5.74) is 8.56. The number of aromatic nitrogens is 2. The molecule has 0 saturated carbocycles. The number of urea groups is 1. The van der Waals surface area contributed by atoms with E-state index in [0.29, 0.717) is 12.3 Å². The molecule has 4 N–H and O–H groups in total. The van der Waals surface area contributed by atoms with Gasteiger partial charge in [0.05, 0.1) is 17.6 Å². The molecule has 0 aliphatic heterocycles. The SMILES string of the molecule is CCCCCCOc1ccc2c(c1)ncn2-c1ccc(NC(=O)/N=C(N)/C=C(\O)C(C)(C)C)cc1.[HH].[HH]. The number of hydrogen-bond donors (Lipinski definition) is 3. The maximum atomic E-state index is 12.2. The number of nitrogens with zero attached hydrogens (tertiary/aromatic N) is 3. The van der Waals surface area contributed by atoms with Gasteiger partial charge in [0.15, 0.2) is 0 Å². The summed E-state index contributed by atoms with van der Waals surface area (Å²) in [4.78, 5) is 20.5. The summed E-state index contributed by atoms with van der Waals surface area (Å²) < 4.78 is 7.84. The number of allylic oxidation sites excluding steroid dienone is 1. The van der Waals surface area contributed by atoms with E-state index in [0.717, 1.165) is 28.9 Å². The van der Waals surface area contributed by atoms with Crippen LogP contribution < -0.4 is 15.8 Å². The highest BCUT2D eigenvalue weighted by molar-refractivity contribution is 6.03. The zero-order valence-corrected chi connectivity index (χ0v) is 20.9. The number of benzene rings is 2. The van der Waals surface area contributed by atoms with Gasteiger partial charge in [-0.25, -0.2) is 9.78 Å². The fourth-order valence-corrected chi connectivity index (χ4v) is 3.37. The highest BCUT2D eigenvalue weighted by Crippen LogP contribution is 2.24. The Labute approximate surface area is 209 Å². The quantitative estimate of drug-likeness (QED) is 0.134. The average molecular weight is 482 g/mol. The highest BCUT2D eigenvalue weighted by atomic mass is 16.5. The summed E-state index contributed by atoms with van der Waals surface area (Å²) in [6.45, 7) is 8.40. The molecule has 190 valence electrons. The Kier molecular flexibility index (Phi) is 8.52. The van der Waals surface area contributed by atoms with Crippen LogP contribution in [0, 0.1) is 5.41 Å². The zero-order chi connectivity index (χ0) is 25.4. The molecular formula is C27H39N5O3. The summed E-state index contributed by atoms with van der Waals surface area (Å²) in [7, 11) is 0. The van der Waals surface area contributed by atoms with Crippen molar-refractivity contribution < 1.29 is 17.5 Å². The molecular weight excluding hydrogens is 442 g/mol. The van der Waals surface area contributed by atoms with Crippen molar-refractivity contribution in [1.82, 2.24) is 9.55 Å². The molecule has 35 heavy (non-hydrogen) atoms. The number of carbonyl (C=O) groups excluding carboxylic acids is 1. The Balaban J connectivity index is 0.00000342. The van der Waals surface area contributed by atoms with Crippen LogP contribution in [0.25, 0.3) is 16.7 Å². The highest BCUT2D eigenvalue weighted by Gasteiger charge is 2.16. The number of amides is 2. The molecule has 0 aliphatic carbocycles. The maximum absolute atomic E-state index is 12.2. The van der Waals surface area contributed by atoms with Gasteiger partial charge in [-0.1, -0.05) is 47.0 Å². The number of nitrogens with two attached hydrogens (primary N) is 1. The molecule has 8 nitrogen and oxygen atoms in total. The molecule has 0 saturated heterocycles. The molecule has 2 amide bonds. The van der Waals surface area contributed by atoms with E-state index in [1.807, 2.05) is 55.7 Å². The number of unbranched alkanes of at least 4 members (excludes halogenated alkanes) is 3. The van der Waals surface area contributed by atoms with Crippen molar-refractivity contribution in [2.24, 2.45) is 16.1 Å². The maximum Gasteiger partial charge on any atom is 0.347 e. The third-order valence-corrected chi connectivity index (χ3v) is 5.47. The summed E-state index contributed by atoms with van der Waals surface area (Å²) in [6, 6.07) is 12.6. The Bertz CT molecular complexity index is 1210. The van der Waals surface area contributed by atoms with E-state index in [4.69, 9.17) is 10.5 Å². The number of imidazole rings is 1. The smallest absolute Gasteiger partial charge is 0.347 e. The molecule has 0 atom stereocenters. The lowest BCUT2D eigenvalue weighted by Gasteiger charge is -2.16. The summed E-state index contributed by atoms with van der Waals surface area (Å²) in [5.74, 6) is 0.803. The number of ether oxygens (including phenoxy) is 1. The van der Waals surface area contributed by atoms with Gasteiger partial charge < -0.3 is 20.9 Å². The molecule has 2 aromatic carbocycles. The van der Waals surface area contributed by atoms with Gasteiger partial charge in [-0.05, 0) is 42.8 Å². The van der Waals surface area contributed by atoms with Crippen molar-refractivity contribution in [3.05, 3.63) is 60.6 Å². The second-order valence-electron chi connectivity index (χ2n) is 9.47. The zero-order valence-electron chi connectivity index (χ0n) is 20.9. The first-order valence-electron chi connectivity index (χ1n) is 11.9. The third kappa shape index (κ3) is 7.34. The van der Waals surface area contributed by atoms with E-state index in [1.165, 1.54) is 25.3 Å². The van der Waals surface area contributed by atoms with Gasteiger partial charge in [-0.2, -0.15) is 4.99 Å². The molecule has 3 aromatic rings. The largest absolute Gasteiger partial charge is 0.512 e. The first kappa shape index (κ1) is 25.8. The first-order valence-corrected chi connectivity index (χ1v) is 11.9. The fraction of sp³-hybridized carbons (Fsp3) is 0.370. The van der Waals surface area contributed by atoms with E-state index in [1.54, 1.807) is 18.5 Å². The minimum absolute atomic E-state index is 0. The lowest BCUT2D eigenvalue weighted by Crippen LogP contribution is -2.18. The minimum Gasteiger partial charge on any atom is -0.512 e. The number of rotatable bonds is 9. The number of carbonyl (C=O) groups is 1. The van der Waals surface area contributed by atoms with Gasteiger partial charge in [0.1, 0.15) is 23.7 Å². The number of aliphatic hydroxyl groups is 1. The predicted octanol–water partition coefficient (Wildman–Crippen LogP) is 6.85. The van der Waals surface area contributed by atoms with Gasteiger partial charge in [0.2, 0.25) is 0 Å². The second-order valence-corrected chi connectivity index (χ2v) is 9.47. The Morgan fingerprint density at radius 2 is 1.94 bits per heavy atom. The van der Waals surface area contributed by atoms with Gasteiger partial charge in [-0.3, -0.25) is 4.57 Å². The minimum atomic E-state index is -0.622. The van der Waals surface area contributed by atoms with Crippen LogP contribution in [-0.4, -0.2) is 33.1 Å². The van der Waals surface area contributed by atoms with Crippen LogP contribution in [0.2, 0.25) is 0 Å². The molecule has 1 heterocycles. The number of nitrogens with one attached hydrogen (secondary N) is 1. The third-order valence-electron chi connectivity index (χ3n) is 5.47. The Morgan fingerprint density at radius 1 is 1.20 bits per heavy atom. The molecule has 8 heteroatoms. The van der Waals surface area contributed by atoms with E-state index in [-0.39, 0.29) is 14.4 Å². The molecule has 0 aliphatic rings. The van der Waals surface area contributed by atoms with Gasteiger partial charge in [0, 0.05) is 31.8 Å². The molecule has 3 rings (SSSR count). The summed E-state index contributed by atoms with van der Waals surface area (Å²) in [6.07, 6.45) is 7.73. The van der Waals surface area contributed by atoms with Crippen molar-refractivity contribution >= 4 is 28.6 Å². The topological polar surface area (TPSA) is 115 Å². The van der Waals surface area contributed by atoms with E-state index in [2.05, 4.69) is 22.2 Å². The van der Waals surface area contributed by atoms with Crippen LogP contribution in [0.15, 0.2) is 65.6 Å². The number of amidine groups is 1. The van der Waals surface area contributed by atoms with Crippen LogP contribution in [0.1, 0.15) is 56.2 Å². The average Bonchev–Trinajstić information content (AvgIpc) is 3.22. The molecule has 0 bridgehead atoms. The van der Waals surface area contributed by atoms with Gasteiger partial charge in [0.25, 0.3) is 0 Å². The standard InChI is InChI=1S/C27H35N5O3.2H2/c1-5-6-7-8-15-35-21-13-14-23-22(16-21)29-18-32(23)20-11-9-19(10-12-20)30-26(34)31-25(28)17-24(33)27(2,3)4;;/h9-14,16-18,33H,5-8,15H2,1-4H3,(H3,28,30,31,34);2*1H/b24-17-;;. The lowest BCUT2D eigenvalue weighted by atomic mass is 9.93. The number of aliphatic imine (C=N–C) groups is 1. The van der Waals surface area contributed by atoms with Crippen molar-refractivity contribution in [2.45, 2.75) is 53.4 Å². The summed E-state index contributed by atoms with van der Waals surface area (Å²) >= 11 is 0. The van der Waals surface area contributed by atoms with E-state index >= 15 is 0 Å².